The number of hydrogen-bond donors (Lipinski definition) is 1. The Morgan fingerprint density at radius 2 is 2.36 bits per heavy atom. The molecule has 2 rings (SSSR count). The van der Waals surface area contributed by atoms with Gasteiger partial charge in [0.2, 0.25) is 0 Å². The van der Waals surface area contributed by atoms with Gasteiger partial charge in [0.05, 0.1) is 17.2 Å². The molecule has 0 aromatic carbocycles. The van der Waals surface area contributed by atoms with E-state index in [-0.39, 0.29) is 0 Å². The molecule has 0 saturated carbocycles. The zero-order valence-corrected chi connectivity index (χ0v) is 9.97. The first-order valence-corrected chi connectivity index (χ1v) is 5.66. The Kier molecular flexibility index (Phi) is 2.56. The summed E-state index contributed by atoms with van der Waals surface area (Å²) in [4.78, 5) is 5.45. The van der Waals surface area contributed by atoms with Gasteiger partial charge in [-0.1, -0.05) is 0 Å². The van der Waals surface area contributed by atoms with Crippen LogP contribution in [0.1, 0.15) is 9.88 Å². The zero-order valence-electron chi connectivity index (χ0n) is 7.57. The van der Waals surface area contributed by atoms with Gasteiger partial charge in [-0.25, -0.2) is 9.67 Å². The molecule has 4 nitrogen and oxygen atoms in total. The number of nitrogens with two attached hydrogens (primary N) is 1. The van der Waals surface area contributed by atoms with Gasteiger partial charge in [-0.15, -0.1) is 11.3 Å². The molecule has 0 unspecified atom stereocenters. The summed E-state index contributed by atoms with van der Waals surface area (Å²) in [5.74, 6) is 0.637. The minimum absolute atomic E-state index is 0.635. The quantitative estimate of drug-likeness (QED) is 0.911. The molecule has 2 aromatic rings. The lowest BCUT2D eigenvalue weighted by atomic mass is 10.6. The molecule has 0 aliphatic rings. The van der Waals surface area contributed by atoms with Gasteiger partial charge in [-0.3, -0.25) is 0 Å². The van der Waals surface area contributed by atoms with Crippen molar-refractivity contribution in [1.29, 1.82) is 0 Å². The van der Waals surface area contributed by atoms with E-state index in [1.54, 1.807) is 22.2 Å². The predicted octanol–water partition coefficient (Wildman–Crippen LogP) is 2.04. The topological polar surface area (TPSA) is 56.7 Å². The molecule has 6 heteroatoms. The number of nitrogen functional groups attached to an aromatic ring is 1. The van der Waals surface area contributed by atoms with Crippen LogP contribution >= 0.6 is 27.3 Å². The highest BCUT2D eigenvalue weighted by Gasteiger charge is 2.06. The molecule has 0 atom stereocenters. The number of nitrogens with zero attached hydrogens (tertiary/aromatic N) is 3. The number of rotatable bonds is 2. The normalized spacial score (nSPS) is 10.7. The smallest absolute Gasteiger partial charge is 0.136 e. The van der Waals surface area contributed by atoms with Crippen LogP contribution in [-0.2, 0) is 6.54 Å². The summed E-state index contributed by atoms with van der Waals surface area (Å²) >= 11 is 4.97. The van der Waals surface area contributed by atoms with Gasteiger partial charge in [0.1, 0.15) is 10.8 Å². The van der Waals surface area contributed by atoms with Crippen LogP contribution in [0.15, 0.2) is 16.9 Å². The molecule has 0 radical (unpaired) electrons. The third kappa shape index (κ3) is 1.80. The summed E-state index contributed by atoms with van der Waals surface area (Å²) in [6.07, 6.45) is 3.55. The number of aryl methyl sites for hydroxylation is 1. The van der Waals surface area contributed by atoms with E-state index in [2.05, 4.69) is 26.0 Å². The second-order valence-electron chi connectivity index (χ2n) is 2.90. The molecule has 2 aromatic heterocycles. The third-order valence-corrected chi connectivity index (χ3v) is 3.30. The molecule has 0 aliphatic heterocycles. The van der Waals surface area contributed by atoms with Gasteiger partial charge >= 0.3 is 0 Å². The van der Waals surface area contributed by atoms with Crippen LogP contribution in [0.2, 0.25) is 0 Å². The summed E-state index contributed by atoms with van der Waals surface area (Å²) in [6.45, 7) is 2.67. The van der Waals surface area contributed by atoms with Crippen LogP contribution < -0.4 is 5.73 Å². The summed E-state index contributed by atoms with van der Waals surface area (Å²) in [7, 11) is 0. The zero-order chi connectivity index (χ0) is 10.1. The lowest BCUT2D eigenvalue weighted by molar-refractivity contribution is 0.693. The number of hydrogen-bond acceptors (Lipinski definition) is 4. The molecule has 0 aliphatic carbocycles. The molecule has 74 valence electrons. The largest absolute Gasteiger partial charge is 0.383 e. The Bertz CT molecular complexity index is 448. The maximum atomic E-state index is 5.79. The van der Waals surface area contributed by atoms with E-state index in [4.69, 9.17) is 5.73 Å². The van der Waals surface area contributed by atoms with E-state index in [0.29, 0.717) is 12.4 Å². The molecule has 2 heterocycles. The van der Waals surface area contributed by atoms with Crippen molar-refractivity contribution in [2.24, 2.45) is 0 Å². The van der Waals surface area contributed by atoms with Crippen molar-refractivity contribution < 1.29 is 0 Å². The molecule has 0 bridgehead atoms. The average molecular weight is 273 g/mol. The van der Waals surface area contributed by atoms with Crippen molar-refractivity contribution in [1.82, 2.24) is 14.8 Å². The Hall–Kier alpha value is -0.880. The van der Waals surface area contributed by atoms with E-state index in [9.17, 15) is 0 Å². The minimum Gasteiger partial charge on any atom is -0.383 e. The van der Waals surface area contributed by atoms with Gasteiger partial charge in [-0.05, 0) is 22.9 Å². The number of aromatic nitrogens is 3. The summed E-state index contributed by atoms with van der Waals surface area (Å²) in [6, 6.07) is 0. The van der Waals surface area contributed by atoms with Crippen molar-refractivity contribution in [3.63, 3.8) is 0 Å². The van der Waals surface area contributed by atoms with Crippen LogP contribution in [-0.4, -0.2) is 14.8 Å². The molecule has 0 spiro atoms. The van der Waals surface area contributed by atoms with Gasteiger partial charge in [0.15, 0.2) is 0 Å². The van der Waals surface area contributed by atoms with Gasteiger partial charge in [0.25, 0.3) is 0 Å². The lowest BCUT2D eigenvalue weighted by Crippen LogP contribution is -2.05. The van der Waals surface area contributed by atoms with Crippen molar-refractivity contribution in [3.8, 4) is 0 Å². The molecule has 0 amide bonds. The molecule has 14 heavy (non-hydrogen) atoms. The molecular formula is C8H9BrN4S. The molecule has 2 N–H and O–H groups in total. The second kappa shape index (κ2) is 3.70. The van der Waals surface area contributed by atoms with Gasteiger partial charge in [0, 0.05) is 11.1 Å². The van der Waals surface area contributed by atoms with Crippen LogP contribution in [0, 0.1) is 6.92 Å². The highest BCUT2D eigenvalue weighted by atomic mass is 79.9. The first-order chi connectivity index (χ1) is 6.66. The van der Waals surface area contributed by atoms with Gasteiger partial charge in [-0.2, -0.15) is 5.10 Å². The number of anilines is 1. The highest BCUT2D eigenvalue weighted by molar-refractivity contribution is 9.10. The van der Waals surface area contributed by atoms with E-state index >= 15 is 0 Å². The average Bonchev–Trinajstić information content (AvgIpc) is 2.67. The van der Waals surface area contributed by atoms with Crippen LogP contribution in [0.4, 0.5) is 5.82 Å². The fourth-order valence-corrected chi connectivity index (χ4v) is 2.17. The Labute approximate surface area is 93.9 Å². The minimum atomic E-state index is 0.635. The van der Waals surface area contributed by atoms with Crippen LogP contribution in [0.25, 0.3) is 0 Å². The predicted molar refractivity (Wildman–Crippen MR) is 60.3 cm³/mol. The molecule has 0 saturated heterocycles. The maximum Gasteiger partial charge on any atom is 0.136 e. The highest BCUT2D eigenvalue weighted by Crippen LogP contribution is 2.20. The fraction of sp³-hybridized carbons (Fsp3) is 0.250. The van der Waals surface area contributed by atoms with Crippen molar-refractivity contribution in [2.45, 2.75) is 13.5 Å². The van der Waals surface area contributed by atoms with E-state index in [1.807, 2.05) is 13.1 Å². The summed E-state index contributed by atoms with van der Waals surface area (Å²) < 4.78 is 2.55. The second-order valence-corrected chi connectivity index (χ2v) is 5.07. The van der Waals surface area contributed by atoms with Crippen molar-refractivity contribution in [2.75, 3.05) is 5.73 Å². The third-order valence-electron chi connectivity index (χ3n) is 1.79. The van der Waals surface area contributed by atoms with Crippen LogP contribution in [0.5, 0.6) is 0 Å². The maximum absolute atomic E-state index is 5.79. The number of halogens is 1. The monoisotopic (exact) mass is 272 g/mol. The standard InChI is InChI=1S/C8H9BrN4S/c1-5-2-11-7(14-5)4-13-8(10)6(9)3-12-13/h2-3H,4,10H2,1H3. The van der Waals surface area contributed by atoms with Gasteiger partial charge < -0.3 is 5.73 Å². The molecular weight excluding hydrogens is 264 g/mol. The van der Waals surface area contributed by atoms with Crippen molar-refractivity contribution in [3.05, 3.63) is 26.8 Å². The van der Waals surface area contributed by atoms with E-state index < -0.39 is 0 Å². The van der Waals surface area contributed by atoms with Crippen LogP contribution in [0.3, 0.4) is 0 Å². The van der Waals surface area contributed by atoms with E-state index in [1.165, 1.54) is 4.88 Å². The SMILES string of the molecule is Cc1cnc(Cn2ncc(Br)c2N)s1. The molecule has 0 fully saturated rings. The summed E-state index contributed by atoms with van der Waals surface area (Å²) in [5.41, 5.74) is 5.79. The lowest BCUT2D eigenvalue weighted by Gasteiger charge is -2.00. The van der Waals surface area contributed by atoms with E-state index in [0.717, 1.165) is 9.48 Å². The van der Waals surface area contributed by atoms with Crippen molar-refractivity contribution >= 4 is 33.1 Å². The Balaban J connectivity index is 2.22. The Morgan fingerprint density at radius 1 is 1.57 bits per heavy atom. The summed E-state index contributed by atoms with van der Waals surface area (Å²) in [5, 5.41) is 5.15. The first kappa shape index (κ1) is 9.67. The first-order valence-electron chi connectivity index (χ1n) is 4.05. The Morgan fingerprint density at radius 3 is 2.86 bits per heavy atom. The fourth-order valence-electron chi connectivity index (χ4n) is 1.10. The number of thiazole rings is 1.